The predicted molar refractivity (Wildman–Crippen MR) is 139 cm³/mol. The maximum absolute atomic E-state index is 13.9. The fraction of sp³-hybridized carbons (Fsp3) is 0.607. The molecule has 0 aliphatic carbocycles. The summed E-state index contributed by atoms with van der Waals surface area (Å²) in [6.45, 7) is 4.30. The number of unbranched alkanes of at least 4 members (excludes halogenated alkanes) is 1. The van der Waals surface area contributed by atoms with Gasteiger partial charge in [0.25, 0.3) is 0 Å². The average Bonchev–Trinajstić information content (AvgIpc) is 3.38. The van der Waals surface area contributed by atoms with Crippen LogP contribution in [0, 0.1) is 0 Å². The number of fused-ring (bicyclic) bond motifs is 1. The van der Waals surface area contributed by atoms with Gasteiger partial charge in [-0.25, -0.2) is 0 Å². The maximum atomic E-state index is 13.9. The molecule has 202 valence electrons. The Morgan fingerprint density at radius 2 is 1.68 bits per heavy atom. The van der Waals surface area contributed by atoms with Crippen LogP contribution in [0.25, 0.3) is 0 Å². The van der Waals surface area contributed by atoms with Crippen LogP contribution in [0.3, 0.4) is 0 Å². The molecule has 9 heteroatoms. The molecule has 0 saturated carbocycles. The summed E-state index contributed by atoms with van der Waals surface area (Å²) in [4.78, 5) is 67.1. The second-order valence-corrected chi connectivity index (χ2v) is 10.1. The summed E-state index contributed by atoms with van der Waals surface area (Å²) in [6, 6.07) is 6.99. The van der Waals surface area contributed by atoms with Gasteiger partial charge in [0.15, 0.2) is 0 Å². The molecule has 2 aliphatic heterocycles. The van der Waals surface area contributed by atoms with Gasteiger partial charge < -0.3 is 25.6 Å². The average molecular weight is 513 g/mol. The third kappa shape index (κ3) is 6.96. The minimum Gasteiger partial charge on any atom is -0.343 e. The summed E-state index contributed by atoms with van der Waals surface area (Å²) >= 11 is 0. The van der Waals surface area contributed by atoms with Gasteiger partial charge in [0.1, 0.15) is 30.0 Å². The Bertz CT molecular complexity index is 961. The molecule has 2 saturated heterocycles. The highest BCUT2D eigenvalue weighted by Gasteiger charge is 2.45. The van der Waals surface area contributed by atoms with Crippen molar-refractivity contribution in [2.45, 2.75) is 102 Å². The maximum Gasteiger partial charge on any atom is 0.246 e. The molecular weight excluding hydrogens is 472 g/mol. The van der Waals surface area contributed by atoms with Crippen LogP contribution in [0.4, 0.5) is 0 Å². The number of nitrogens with zero attached hydrogens (tertiary/aromatic N) is 1. The van der Waals surface area contributed by atoms with E-state index in [-0.39, 0.29) is 37.0 Å². The molecule has 2 heterocycles. The summed E-state index contributed by atoms with van der Waals surface area (Å²) in [5.41, 5.74) is -0.322. The lowest BCUT2D eigenvalue weighted by Crippen LogP contribution is -2.66. The van der Waals surface area contributed by atoms with Crippen LogP contribution >= 0.6 is 0 Å². The lowest BCUT2D eigenvalue weighted by molar-refractivity contribution is -0.145. The minimum atomic E-state index is -1.22. The van der Waals surface area contributed by atoms with E-state index in [1.165, 1.54) is 0 Å². The highest BCUT2D eigenvalue weighted by atomic mass is 16.2. The number of rotatable bonds is 10. The molecule has 3 rings (SSSR count). The summed E-state index contributed by atoms with van der Waals surface area (Å²) in [7, 11) is 0. The van der Waals surface area contributed by atoms with Crippen molar-refractivity contribution in [2.75, 3.05) is 6.54 Å². The van der Waals surface area contributed by atoms with E-state index in [1.54, 1.807) is 4.90 Å². The van der Waals surface area contributed by atoms with Gasteiger partial charge in [0, 0.05) is 19.4 Å². The van der Waals surface area contributed by atoms with E-state index in [0.29, 0.717) is 51.5 Å². The number of amides is 4. The molecule has 0 radical (unpaired) electrons. The lowest BCUT2D eigenvalue weighted by atomic mass is 9.86. The highest BCUT2D eigenvalue weighted by Crippen LogP contribution is 2.25. The summed E-state index contributed by atoms with van der Waals surface area (Å²) < 4.78 is 0. The molecule has 0 unspecified atom stereocenters. The van der Waals surface area contributed by atoms with Crippen molar-refractivity contribution in [1.29, 1.82) is 0 Å². The molecule has 2 fully saturated rings. The molecule has 3 atom stereocenters. The molecule has 1 aromatic rings. The Balaban J connectivity index is 2.02. The van der Waals surface area contributed by atoms with Crippen LogP contribution in [0.2, 0.25) is 0 Å². The van der Waals surface area contributed by atoms with Crippen LogP contribution in [0.5, 0.6) is 0 Å². The fourth-order valence-electron chi connectivity index (χ4n) is 5.50. The molecule has 9 nitrogen and oxygen atoms in total. The van der Waals surface area contributed by atoms with Gasteiger partial charge in [-0.05, 0) is 44.1 Å². The van der Waals surface area contributed by atoms with Crippen LogP contribution in [0.15, 0.2) is 30.3 Å². The van der Waals surface area contributed by atoms with Crippen molar-refractivity contribution in [2.24, 2.45) is 0 Å². The molecule has 0 spiro atoms. The standard InChI is InChI=1S/C28H40N4O5/c1-3-15-28(16-4-2)27(37)30-22(19-20-11-6-5-7-12-20)26(36)32-17-10-14-23(32)25(35)29-21(24(34)31-28)13-8-9-18-33/h5-7,11-12,18,21-23H,3-4,8-10,13-17,19H2,1-2H3,(H,29,35)(H,30,37)(H,31,34)/t21-,22-,23+/m0/s1. The Morgan fingerprint density at radius 1 is 0.973 bits per heavy atom. The molecular formula is C28H40N4O5. The van der Waals surface area contributed by atoms with E-state index in [9.17, 15) is 24.0 Å². The Morgan fingerprint density at radius 3 is 2.32 bits per heavy atom. The van der Waals surface area contributed by atoms with Crippen LogP contribution < -0.4 is 16.0 Å². The van der Waals surface area contributed by atoms with Gasteiger partial charge >= 0.3 is 0 Å². The van der Waals surface area contributed by atoms with Crippen molar-refractivity contribution in [3.05, 3.63) is 35.9 Å². The van der Waals surface area contributed by atoms with Crippen LogP contribution in [0.1, 0.15) is 77.2 Å². The van der Waals surface area contributed by atoms with E-state index >= 15 is 0 Å². The monoisotopic (exact) mass is 512 g/mol. The number of nitrogens with one attached hydrogen (secondary N) is 3. The van der Waals surface area contributed by atoms with Crippen LogP contribution in [-0.4, -0.2) is 65.0 Å². The first-order valence-electron chi connectivity index (χ1n) is 13.6. The smallest absolute Gasteiger partial charge is 0.246 e. The van der Waals surface area contributed by atoms with Gasteiger partial charge in [-0.2, -0.15) is 0 Å². The second-order valence-electron chi connectivity index (χ2n) is 10.1. The van der Waals surface area contributed by atoms with Crippen molar-refractivity contribution in [3.63, 3.8) is 0 Å². The summed E-state index contributed by atoms with van der Waals surface area (Å²) in [5, 5.41) is 8.81. The van der Waals surface area contributed by atoms with E-state index in [0.717, 1.165) is 11.8 Å². The minimum absolute atomic E-state index is 0.267. The zero-order valence-electron chi connectivity index (χ0n) is 22.0. The quantitative estimate of drug-likeness (QED) is 0.327. The zero-order chi connectivity index (χ0) is 26.8. The fourth-order valence-corrected chi connectivity index (χ4v) is 5.50. The molecule has 2 aliphatic rings. The Labute approximate surface area is 219 Å². The topological polar surface area (TPSA) is 125 Å². The van der Waals surface area contributed by atoms with Crippen molar-refractivity contribution < 1.29 is 24.0 Å². The first-order valence-corrected chi connectivity index (χ1v) is 13.6. The summed E-state index contributed by atoms with van der Waals surface area (Å²) in [6.07, 6.45) is 5.25. The lowest BCUT2D eigenvalue weighted by Gasteiger charge is -2.38. The van der Waals surface area contributed by atoms with Crippen molar-refractivity contribution in [3.8, 4) is 0 Å². The third-order valence-electron chi connectivity index (χ3n) is 7.32. The van der Waals surface area contributed by atoms with E-state index in [2.05, 4.69) is 16.0 Å². The first kappa shape index (κ1) is 28.3. The van der Waals surface area contributed by atoms with Crippen molar-refractivity contribution >= 4 is 29.9 Å². The molecule has 1 aromatic carbocycles. The molecule has 3 N–H and O–H groups in total. The second kappa shape index (κ2) is 13.4. The van der Waals surface area contributed by atoms with Gasteiger partial charge in [-0.1, -0.05) is 57.0 Å². The number of hydrogen-bond donors (Lipinski definition) is 3. The Hall–Kier alpha value is -3.23. The van der Waals surface area contributed by atoms with E-state index < -0.39 is 29.6 Å². The third-order valence-corrected chi connectivity index (χ3v) is 7.32. The molecule has 0 aromatic heterocycles. The molecule has 0 bridgehead atoms. The summed E-state index contributed by atoms with van der Waals surface area (Å²) in [5.74, 6) is -1.49. The van der Waals surface area contributed by atoms with Gasteiger partial charge in [0.05, 0.1) is 0 Å². The predicted octanol–water partition coefficient (Wildman–Crippen LogP) is 2.03. The zero-order valence-corrected chi connectivity index (χ0v) is 22.0. The highest BCUT2D eigenvalue weighted by molar-refractivity contribution is 5.99. The normalized spacial score (nSPS) is 24.3. The first-order chi connectivity index (χ1) is 17.8. The van der Waals surface area contributed by atoms with Gasteiger partial charge in [-0.15, -0.1) is 0 Å². The number of benzene rings is 1. The van der Waals surface area contributed by atoms with Gasteiger partial charge in [0.2, 0.25) is 23.6 Å². The van der Waals surface area contributed by atoms with E-state index in [4.69, 9.17) is 0 Å². The number of aldehydes is 1. The molecule has 4 amide bonds. The largest absolute Gasteiger partial charge is 0.343 e. The Kier molecular flexibility index (Phi) is 10.2. The van der Waals surface area contributed by atoms with Gasteiger partial charge in [-0.3, -0.25) is 19.2 Å². The van der Waals surface area contributed by atoms with Crippen molar-refractivity contribution in [1.82, 2.24) is 20.9 Å². The molecule has 37 heavy (non-hydrogen) atoms. The van der Waals surface area contributed by atoms with E-state index in [1.807, 2.05) is 44.2 Å². The SMILES string of the molecule is CCCC1(CCC)NC(=O)[C@H](CCCC=O)NC(=O)[C@H]2CCCN2C(=O)[C@H](Cc2ccccc2)NC1=O. The number of carbonyl (C=O) groups is 5. The van der Waals surface area contributed by atoms with Crippen LogP contribution in [-0.2, 0) is 30.4 Å². The number of carbonyl (C=O) groups excluding carboxylic acids is 5. The number of hydrogen-bond acceptors (Lipinski definition) is 5.